The summed E-state index contributed by atoms with van der Waals surface area (Å²) in [7, 11) is -1.91. The third-order valence-corrected chi connectivity index (χ3v) is 9.68. The Morgan fingerprint density at radius 1 is 0.656 bits per heavy atom. The zero-order chi connectivity index (χ0) is 21.5. The van der Waals surface area contributed by atoms with Crippen molar-refractivity contribution in [2.45, 2.75) is 0 Å². The maximum absolute atomic E-state index is 10.9. The van der Waals surface area contributed by atoms with Gasteiger partial charge in [0.05, 0.1) is 11.1 Å². The highest BCUT2D eigenvalue weighted by Gasteiger charge is 2.44. The largest absolute Gasteiger partial charge is 1.00 e. The molecule has 0 saturated carbocycles. The van der Waals surface area contributed by atoms with Crippen molar-refractivity contribution in [3.63, 3.8) is 0 Å². The molecule has 0 saturated heterocycles. The fourth-order valence-electron chi connectivity index (χ4n) is 3.86. The molecule has 0 aliphatic heterocycles. The lowest BCUT2D eigenvalue weighted by molar-refractivity contribution is -0.384. The second kappa shape index (κ2) is 11.0. The summed E-state index contributed by atoms with van der Waals surface area (Å²) in [5.74, 6) is 0. The third kappa shape index (κ3) is 5.04. The first kappa shape index (κ1) is 23.6. The van der Waals surface area contributed by atoms with Gasteiger partial charge in [-0.05, 0) is 60.2 Å². The molecule has 0 unspecified atom stereocenters. The molecule has 0 radical (unpaired) electrons. The van der Waals surface area contributed by atoms with Crippen molar-refractivity contribution >= 4 is 34.9 Å². The van der Waals surface area contributed by atoms with Crippen LogP contribution in [0.1, 0.15) is 5.56 Å². The van der Waals surface area contributed by atoms with E-state index in [-0.39, 0.29) is 27.6 Å². The summed E-state index contributed by atoms with van der Waals surface area (Å²) in [6.07, 6.45) is 5.14. The highest BCUT2D eigenvalue weighted by atomic mass is 79.9. The van der Waals surface area contributed by atoms with Crippen LogP contribution < -0.4 is 32.9 Å². The van der Waals surface area contributed by atoms with E-state index in [1.54, 1.807) is 24.3 Å². The van der Waals surface area contributed by atoms with Crippen LogP contribution in [-0.2, 0) is 0 Å². The monoisotopic (exact) mass is 503 g/mol. The van der Waals surface area contributed by atoms with Crippen LogP contribution in [0.4, 0.5) is 5.69 Å². The lowest BCUT2D eigenvalue weighted by Gasteiger charge is -2.26. The van der Waals surface area contributed by atoms with Gasteiger partial charge >= 0.3 is 0 Å². The van der Waals surface area contributed by atoms with Crippen LogP contribution in [0.3, 0.4) is 0 Å². The minimum Gasteiger partial charge on any atom is -1.00 e. The molecule has 0 bridgehead atoms. The molecular weight excluding hydrogens is 481 g/mol. The number of nitro benzene ring substituents is 1. The number of halogens is 1. The smallest absolute Gasteiger partial charge is 0.269 e. The minimum absolute atomic E-state index is 0. The van der Waals surface area contributed by atoms with E-state index in [1.807, 2.05) is 0 Å². The molecular formula is C27H23BrNO2P. The van der Waals surface area contributed by atoms with Crippen molar-refractivity contribution in [2.75, 3.05) is 6.16 Å². The standard InChI is InChI=1S/C27H23NO2P.BrH/c29-28(30)24-20-18-23(19-21-24)11-10-22-31(25-12-4-1-5-13-25,26-14-6-2-7-15-26)27-16-8-3-9-17-27;/h1-21H,22H2;1H/q+1;/p-1/b11-10+;. The molecule has 0 atom stereocenters. The lowest BCUT2D eigenvalue weighted by Crippen LogP contribution is -3.00. The first-order chi connectivity index (χ1) is 15.2. The average molecular weight is 504 g/mol. The summed E-state index contributed by atoms with van der Waals surface area (Å²) >= 11 is 0. The minimum atomic E-state index is -1.91. The third-order valence-electron chi connectivity index (χ3n) is 5.38. The molecule has 0 fully saturated rings. The van der Waals surface area contributed by atoms with Gasteiger partial charge in [-0.2, -0.15) is 0 Å². The van der Waals surface area contributed by atoms with Crippen LogP contribution in [-0.4, -0.2) is 11.1 Å². The van der Waals surface area contributed by atoms with Crippen molar-refractivity contribution in [3.05, 3.63) is 137 Å². The van der Waals surface area contributed by atoms with E-state index in [2.05, 4.69) is 103 Å². The van der Waals surface area contributed by atoms with Crippen molar-refractivity contribution in [2.24, 2.45) is 0 Å². The Hall–Kier alpha value is -3.07. The Labute approximate surface area is 199 Å². The SMILES string of the molecule is O=[N+]([O-])c1ccc(/C=C/C[P+](c2ccccc2)(c2ccccc2)c2ccccc2)cc1.[Br-]. The second-order valence-corrected chi connectivity index (χ2v) is 10.8. The number of hydrogen-bond acceptors (Lipinski definition) is 2. The molecule has 4 rings (SSSR count). The maximum Gasteiger partial charge on any atom is 0.269 e. The van der Waals surface area contributed by atoms with Gasteiger partial charge in [-0.25, -0.2) is 0 Å². The molecule has 160 valence electrons. The van der Waals surface area contributed by atoms with E-state index in [9.17, 15) is 10.1 Å². The van der Waals surface area contributed by atoms with Crippen LogP contribution >= 0.6 is 7.26 Å². The Morgan fingerprint density at radius 2 is 1.06 bits per heavy atom. The van der Waals surface area contributed by atoms with E-state index in [0.717, 1.165) is 11.7 Å². The Balaban J connectivity index is 0.00000289. The van der Waals surface area contributed by atoms with Gasteiger partial charge in [0.1, 0.15) is 23.2 Å². The van der Waals surface area contributed by atoms with Crippen molar-refractivity contribution in [3.8, 4) is 0 Å². The number of nitro groups is 1. The van der Waals surface area contributed by atoms with E-state index in [4.69, 9.17) is 0 Å². The molecule has 0 amide bonds. The summed E-state index contributed by atoms with van der Waals surface area (Å²) in [6.45, 7) is 0. The molecule has 0 aliphatic rings. The fourth-order valence-corrected chi connectivity index (χ4v) is 7.86. The van der Waals surface area contributed by atoms with Crippen LogP contribution in [0, 0.1) is 10.1 Å². The first-order valence-electron chi connectivity index (χ1n) is 10.2. The molecule has 0 spiro atoms. The fraction of sp³-hybridized carbons (Fsp3) is 0.0370. The van der Waals surface area contributed by atoms with Gasteiger partial charge in [-0.3, -0.25) is 10.1 Å². The van der Waals surface area contributed by atoms with Gasteiger partial charge in [-0.1, -0.05) is 60.7 Å². The zero-order valence-corrected chi connectivity index (χ0v) is 19.9. The number of non-ortho nitro benzene ring substituents is 1. The van der Waals surface area contributed by atoms with Crippen molar-refractivity contribution < 1.29 is 21.9 Å². The molecule has 3 nitrogen and oxygen atoms in total. The lowest BCUT2D eigenvalue weighted by atomic mass is 10.2. The summed E-state index contributed by atoms with van der Waals surface area (Å²) in [5.41, 5.74) is 1.06. The molecule has 4 aromatic rings. The van der Waals surface area contributed by atoms with Gasteiger partial charge in [0.15, 0.2) is 0 Å². The summed E-state index contributed by atoms with van der Waals surface area (Å²) in [4.78, 5) is 10.5. The van der Waals surface area contributed by atoms with Gasteiger partial charge in [0.25, 0.3) is 5.69 Å². The number of nitrogens with zero attached hydrogens (tertiary/aromatic N) is 1. The Morgan fingerprint density at radius 3 is 1.44 bits per heavy atom. The van der Waals surface area contributed by atoms with Crippen molar-refractivity contribution in [1.82, 2.24) is 0 Å². The number of allylic oxidation sites excluding steroid dienone is 1. The van der Waals surface area contributed by atoms with E-state index < -0.39 is 7.26 Å². The topological polar surface area (TPSA) is 43.1 Å². The second-order valence-electron chi connectivity index (χ2n) is 7.25. The van der Waals surface area contributed by atoms with Crippen LogP contribution in [0.2, 0.25) is 0 Å². The van der Waals surface area contributed by atoms with Gasteiger partial charge in [-0.15, -0.1) is 0 Å². The number of hydrogen-bond donors (Lipinski definition) is 0. The molecule has 0 heterocycles. The van der Waals surface area contributed by atoms with E-state index >= 15 is 0 Å². The van der Waals surface area contributed by atoms with Gasteiger partial charge in [0, 0.05) is 12.1 Å². The zero-order valence-electron chi connectivity index (χ0n) is 17.4. The molecule has 32 heavy (non-hydrogen) atoms. The predicted molar refractivity (Wildman–Crippen MR) is 132 cm³/mol. The predicted octanol–water partition coefficient (Wildman–Crippen LogP) is 2.61. The van der Waals surface area contributed by atoms with Crippen LogP contribution in [0.25, 0.3) is 6.08 Å². The molecule has 5 heteroatoms. The Kier molecular flexibility index (Phi) is 8.10. The summed E-state index contributed by atoms with van der Waals surface area (Å²) in [6, 6.07) is 38.9. The van der Waals surface area contributed by atoms with Gasteiger partial charge in [0.2, 0.25) is 0 Å². The van der Waals surface area contributed by atoms with Crippen LogP contribution in [0.15, 0.2) is 121 Å². The van der Waals surface area contributed by atoms with Gasteiger partial charge < -0.3 is 17.0 Å². The molecule has 0 aliphatic carbocycles. The maximum atomic E-state index is 10.9. The highest BCUT2D eigenvalue weighted by molar-refractivity contribution is 7.95. The van der Waals surface area contributed by atoms with Crippen LogP contribution in [0.5, 0.6) is 0 Å². The highest BCUT2D eigenvalue weighted by Crippen LogP contribution is 2.55. The average Bonchev–Trinajstić information content (AvgIpc) is 2.84. The quantitative estimate of drug-likeness (QED) is 0.221. The summed E-state index contributed by atoms with van der Waals surface area (Å²) in [5, 5.41) is 14.9. The van der Waals surface area contributed by atoms with E-state index in [0.29, 0.717) is 0 Å². The molecule has 4 aromatic carbocycles. The molecule has 0 N–H and O–H groups in total. The van der Waals surface area contributed by atoms with Crippen molar-refractivity contribution in [1.29, 1.82) is 0 Å². The normalized spacial score (nSPS) is 11.1. The number of benzene rings is 4. The number of rotatable bonds is 7. The van der Waals surface area contributed by atoms with E-state index in [1.165, 1.54) is 15.9 Å². The first-order valence-corrected chi connectivity index (χ1v) is 12.1. The molecule has 0 aromatic heterocycles. The summed E-state index contributed by atoms with van der Waals surface area (Å²) < 4.78 is 0. The Bertz CT molecular complexity index is 1070.